The molecule has 0 amide bonds. The molecule has 0 radical (unpaired) electrons. The summed E-state index contributed by atoms with van der Waals surface area (Å²) in [5.41, 5.74) is 0. The average molecular weight is 186 g/mol. The number of hydrogen-bond acceptors (Lipinski definition) is 2. The monoisotopic (exact) mass is 185 g/mol. The van der Waals surface area contributed by atoms with Gasteiger partial charge in [0.2, 0.25) is 0 Å². The first kappa shape index (κ1) is 25.2. The summed E-state index contributed by atoms with van der Waals surface area (Å²) in [6.45, 7) is 0. The van der Waals surface area contributed by atoms with Gasteiger partial charge in [-0.05, 0) is 0 Å². The fourth-order valence-electron chi connectivity index (χ4n) is 0. The Hall–Kier alpha value is 0.730. The maximum absolute atomic E-state index is 8.59. The van der Waals surface area contributed by atoms with Crippen molar-refractivity contribution in [1.82, 2.24) is 0 Å². The predicted molar refractivity (Wildman–Crippen MR) is 10.5 cm³/mol. The standard InChI is InChI=1S/3ClH.HO3P/c;;;1-4(2)3/h3*1H;(H,1,2,3)/p-3. The van der Waals surface area contributed by atoms with E-state index in [4.69, 9.17) is 14.0 Å². The molecule has 0 aliphatic rings. The minimum absolute atomic E-state index is 0. The average Bonchev–Trinajstić information content (AvgIpc) is 0.811. The van der Waals surface area contributed by atoms with E-state index in [0.717, 1.165) is 0 Å². The van der Waals surface area contributed by atoms with E-state index in [1.165, 1.54) is 0 Å². The molecule has 7 heavy (non-hydrogen) atoms. The second kappa shape index (κ2) is 15.9. The van der Waals surface area contributed by atoms with Crippen molar-refractivity contribution in [2.75, 3.05) is 0 Å². The molecule has 0 rings (SSSR count). The van der Waals surface area contributed by atoms with Crippen LogP contribution in [-0.4, -0.2) is 4.89 Å². The summed E-state index contributed by atoms with van der Waals surface area (Å²) < 4.78 is 17.2. The van der Waals surface area contributed by atoms with Crippen LogP contribution in [0.4, 0.5) is 0 Å². The Morgan fingerprint density at radius 2 is 1.00 bits per heavy atom. The van der Waals surface area contributed by atoms with Gasteiger partial charge in [-0.1, -0.05) is 0 Å². The zero-order chi connectivity index (χ0) is 3.58. The second-order valence-corrected chi connectivity index (χ2v) is 0.714. The van der Waals surface area contributed by atoms with Gasteiger partial charge in [-0.3, -0.25) is 4.89 Å². The van der Waals surface area contributed by atoms with Crippen LogP contribution in [0.5, 0.6) is 0 Å². The minimum atomic E-state index is -3.12. The molecule has 0 fully saturated rings. The first-order valence-electron chi connectivity index (χ1n) is 0.565. The van der Waals surface area contributed by atoms with Crippen LogP contribution in [0.3, 0.4) is 0 Å². The number of hydrogen-bond donors (Lipinski definition) is 1. The molecule has 3 nitrogen and oxygen atoms in total. The summed E-state index contributed by atoms with van der Waals surface area (Å²) in [6, 6.07) is 0. The van der Waals surface area contributed by atoms with Crippen molar-refractivity contribution in [2.24, 2.45) is 0 Å². The van der Waals surface area contributed by atoms with Crippen LogP contribution >= 0.6 is 7.91 Å². The van der Waals surface area contributed by atoms with E-state index in [2.05, 4.69) is 0 Å². The van der Waals surface area contributed by atoms with E-state index >= 15 is 0 Å². The second-order valence-electron chi connectivity index (χ2n) is 0.238. The molecular weight excluding hydrogens is 185 g/mol. The summed E-state index contributed by atoms with van der Waals surface area (Å²) >= 11 is 0. The molecule has 0 heterocycles. The highest BCUT2D eigenvalue weighted by molar-refractivity contribution is 7.23. The Balaban J connectivity index is -0.0000000150. The van der Waals surface area contributed by atoms with Gasteiger partial charge in [0.1, 0.15) is 0 Å². The van der Waals surface area contributed by atoms with Crippen LogP contribution in [0, 0.1) is 0 Å². The molecule has 0 aromatic rings. The van der Waals surface area contributed by atoms with Gasteiger partial charge >= 0.3 is 7.91 Å². The highest BCUT2D eigenvalue weighted by Crippen LogP contribution is 1.84. The van der Waals surface area contributed by atoms with Crippen molar-refractivity contribution in [2.45, 2.75) is 0 Å². The summed E-state index contributed by atoms with van der Waals surface area (Å²) in [4.78, 5) is 7.01. The quantitative estimate of drug-likeness (QED) is 0.382. The molecule has 0 aliphatic carbocycles. The van der Waals surface area contributed by atoms with Gasteiger partial charge in [-0.15, -0.1) is 0 Å². The Kier molecular flexibility index (Phi) is 57.1. The summed E-state index contributed by atoms with van der Waals surface area (Å²) in [5.74, 6) is 0. The fraction of sp³-hybridized carbons (Fsp3) is 0. The largest absolute Gasteiger partial charge is 1.00 e. The third kappa shape index (κ3) is 283. The van der Waals surface area contributed by atoms with Crippen molar-refractivity contribution >= 4 is 7.91 Å². The molecule has 0 saturated carbocycles. The van der Waals surface area contributed by atoms with Crippen molar-refractivity contribution in [3.05, 3.63) is 0 Å². The Bertz CT molecular complexity index is 58.6. The predicted octanol–water partition coefficient (Wildman–Crippen LogP) is -8.92. The lowest BCUT2D eigenvalue weighted by atomic mass is 15.9. The van der Waals surface area contributed by atoms with E-state index in [1.54, 1.807) is 0 Å². The smallest absolute Gasteiger partial charge is 0.465 e. The molecule has 0 unspecified atom stereocenters. The Labute approximate surface area is 59.6 Å². The summed E-state index contributed by atoms with van der Waals surface area (Å²) in [6.07, 6.45) is 0. The molecular formula is HCl3O3P-3. The van der Waals surface area contributed by atoms with Crippen LogP contribution in [-0.2, 0) is 9.13 Å². The molecule has 0 saturated heterocycles. The van der Waals surface area contributed by atoms with Gasteiger partial charge in [-0.2, -0.15) is 0 Å². The molecule has 0 bridgehead atoms. The van der Waals surface area contributed by atoms with Crippen LogP contribution in [0.25, 0.3) is 0 Å². The molecule has 0 atom stereocenters. The topological polar surface area (TPSA) is 54.4 Å². The normalized spacial score (nSPS) is 3.57. The van der Waals surface area contributed by atoms with Crippen molar-refractivity contribution in [3.63, 3.8) is 0 Å². The van der Waals surface area contributed by atoms with Crippen molar-refractivity contribution < 1.29 is 51.2 Å². The van der Waals surface area contributed by atoms with E-state index < -0.39 is 7.91 Å². The van der Waals surface area contributed by atoms with Crippen molar-refractivity contribution in [1.29, 1.82) is 0 Å². The van der Waals surface area contributed by atoms with Crippen LogP contribution in [0.15, 0.2) is 0 Å². The molecule has 0 aromatic heterocycles. The third-order valence-electron chi connectivity index (χ3n) is 0. The molecule has 48 valence electrons. The van der Waals surface area contributed by atoms with E-state index in [9.17, 15) is 0 Å². The highest BCUT2D eigenvalue weighted by Gasteiger charge is 1.57. The molecule has 0 aromatic carbocycles. The molecule has 0 spiro atoms. The van der Waals surface area contributed by atoms with Crippen molar-refractivity contribution in [3.8, 4) is 0 Å². The maximum Gasteiger partial charge on any atom is 0.465 e. The maximum atomic E-state index is 8.59. The van der Waals surface area contributed by atoms with Gasteiger partial charge in [-0.25, -0.2) is 9.13 Å². The summed E-state index contributed by atoms with van der Waals surface area (Å²) in [7, 11) is -3.12. The Morgan fingerprint density at radius 3 is 1.00 bits per heavy atom. The van der Waals surface area contributed by atoms with Gasteiger partial charge in [0, 0.05) is 0 Å². The van der Waals surface area contributed by atoms with Gasteiger partial charge in [0.25, 0.3) is 0 Å². The lowest BCUT2D eigenvalue weighted by Crippen LogP contribution is -3.00. The zero-order valence-electron chi connectivity index (χ0n) is 2.84. The fourth-order valence-corrected chi connectivity index (χ4v) is 0. The highest BCUT2D eigenvalue weighted by atomic mass is 35.5. The van der Waals surface area contributed by atoms with Crippen LogP contribution in [0.2, 0.25) is 0 Å². The number of rotatable bonds is 0. The molecule has 0 aliphatic heterocycles. The summed E-state index contributed by atoms with van der Waals surface area (Å²) in [5, 5.41) is 0. The van der Waals surface area contributed by atoms with Crippen LogP contribution < -0.4 is 37.2 Å². The van der Waals surface area contributed by atoms with Gasteiger partial charge in [0.15, 0.2) is 0 Å². The van der Waals surface area contributed by atoms with E-state index in [-0.39, 0.29) is 37.2 Å². The Morgan fingerprint density at radius 1 is 1.00 bits per heavy atom. The lowest BCUT2D eigenvalue weighted by Gasteiger charge is -1.35. The first-order valence-corrected chi connectivity index (χ1v) is 1.70. The number of halogens is 3. The SMILES string of the molecule is O=P(=O)O.[Cl-].[Cl-].[Cl-]. The zero-order valence-corrected chi connectivity index (χ0v) is 6.01. The first-order chi connectivity index (χ1) is 1.73. The van der Waals surface area contributed by atoms with E-state index in [0.29, 0.717) is 0 Å². The van der Waals surface area contributed by atoms with Crippen LogP contribution in [0.1, 0.15) is 0 Å². The third-order valence-corrected chi connectivity index (χ3v) is 0. The van der Waals surface area contributed by atoms with E-state index in [1.807, 2.05) is 0 Å². The molecule has 7 heteroatoms. The lowest BCUT2D eigenvalue weighted by molar-refractivity contribution is -0.00100. The minimum Gasteiger partial charge on any atom is -1.00 e. The van der Waals surface area contributed by atoms with Gasteiger partial charge in [0.05, 0.1) is 0 Å². The molecule has 1 N–H and O–H groups in total. The van der Waals surface area contributed by atoms with Gasteiger partial charge < -0.3 is 37.2 Å².